The van der Waals surface area contributed by atoms with E-state index >= 15 is 0 Å². The highest BCUT2D eigenvalue weighted by Crippen LogP contribution is 2.13. The molecule has 0 aromatic heterocycles. The molecule has 0 spiro atoms. The minimum absolute atomic E-state index is 0.456. The van der Waals surface area contributed by atoms with E-state index in [0.29, 0.717) is 32.1 Å². The Morgan fingerprint density at radius 1 is 1.04 bits per heavy atom. The first-order valence-corrected chi connectivity index (χ1v) is 9.44. The van der Waals surface area contributed by atoms with Crippen LogP contribution in [0.4, 0.5) is 10.5 Å². The minimum atomic E-state index is -0.516. The predicted octanol–water partition coefficient (Wildman–Crippen LogP) is 2.40. The summed E-state index contributed by atoms with van der Waals surface area (Å²) in [5.41, 5.74) is 1.34. The molecule has 1 aromatic rings. The first-order valence-electron chi connectivity index (χ1n) is 9.44. The molecule has 1 amide bonds. The van der Waals surface area contributed by atoms with Crippen LogP contribution >= 0.6 is 0 Å². The molecule has 0 saturated heterocycles. The van der Waals surface area contributed by atoms with Crippen molar-refractivity contribution in [2.45, 2.75) is 32.8 Å². The number of nitrogens with zero attached hydrogens (tertiary/aromatic N) is 1. The summed E-state index contributed by atoms with van der Waals surface area (Å²) >= 11 is 0. The van der Waals surface area contributed by atoms with Gasteiger partial charge in [-0.2, -0.15) is 0 Å². The van der Waals surface area contributed by atoms with E-state index in [0.717, 1.165) is 24.5 Å². The summed E-state index contributed by atoms with van der Waals surface area (Å²) in [5.74, 6) is 0.735. The van der Waals surface area contributed by atoms with Gasteiger partial charge in [0, 0.05) is 32.9 Å². The highest BCUT2D eigenvalue weighted by atomic mass is 16.6. The van der Waals surface area contributed by atoms with Gasteiger partial charge in [0.05, 0.1) is 19.8 Å². The number of rotatable bonds is 10. The van der Waals surface area contributed by atoms with Crippen LogP contribution in [0.3, 0.4) is 0 Å². The van der Waals surface area contributed by atoms with Gasteiger partial charge in [0.15, 0.2) is 5.96 Å². The number of ether oxygens (including phenoxy) is 3. The minimum Gasteiger partial charge on any atom is -0.444 e. The van der Waals surface area contributed by atoms with Crippen molar-refractivity contribution in [3.8, 4) is 0 Å². The Kier molecular flexibility index (Phi) is 11.0. The summed E-state index contributed by atoms with van der Waals surface area (Å²) in [7, 11) is 3.39. The molecular formula is C20H34N4O4. The number of guanidine groups is 1. The van der Waals surface area contributed by atoms with Gasteiger partial charge in [-0.25, -0.2) is 4.79 Å². The average Bonchev–Trinajstić information content (AvgIpc) is 2.63. The largest absolute Gasteiger partial charge is 0.444 e. The van der Waals surface area contributed by atoms with Crippen LogP contribution in [0.5, 0.6) is 0 Å². The summed E-state index contributed by atoms with van der Waals surface area (Å²) < 4.78 is 15.6. The molecule has 0 aliphatic carbocycles. The zero-order valence-electron chi connectivity index (χ0n) is 17.6. The fourth-order valence-electron chi connectivity index (χ4n) is 2.21. The van der Waals surface area contributed by atoms with Gasteiger partial charge in [0.25, 0.3) is 0 Å². The lowest BCUT2D eigenvalue weighted by atomic mass is 10.1. The third kappa shape index (κ3) is 11.4. The summed E-state index contributed by atoms with van der Waals surface area (Å²) in [6.45, 7) is 8.69. The van der Waals surface area contributed by atoms with E-state index in [1.54, 1.807) is 14.2 Å². The number of anilines is 1. The molecule has 158 valence electrons. The lowest BCUT2D eigenvalue weighted by molar-refractivity contribution is 0.0636. The smallest absolute Gasteiger partial charge is 0.412 e. The fraction of sp³-hybridized carbons (Fsp3) is 0.600. The summed E-state index contributed by atoms with van der Waals surface area (Å²) in [6, 6.07) is 7.69. The Bertz CT molecular complexity index is 597. The van der Waals surface area contributed by atoms with E-state index in [2.05, 4.69) is 20.9 Å². The third-order valence-electron chi connectivity index (χ3n) is 3.50. The molecule has 0 aliphatic rings. The van der Waals surface area contributed by atoms with Crippen LogP contribution < -0.4 is 16.0 Å². The number of carbonyl (C=O) groups excluding carboxylic acids is 1. The van der Waals surface area contributed by atoms with Gasteiger partial charge in [-0.05, 0) is 44.9 Å². The SMILES string of the molecule is CN=C(NCCOCCOC)NCCc1ccc(NC(=O)OC(C)(C)C)cc1. The maximum atomic E-state index is 11.8. The van der Waals surface area contributed by atoms with Gasteiger partial charge in [-0.3, -0.25) is 10.3 Å². The van der Waals surface area contributed by atoms with Crippen molar-refractivity contribution >= 4 is 17.7 Å². The van der Waals surface area contributed by atoms with Crippen molar-refractivity contribution in [2.75, 3.05) is 52.4 Å². The number of amides is 1. The molecule has 3 N–H and O–H groups in total. The fourth-order valence-corrected chi connectivity index (χ4v) is 2.21. The lowest BCUT2D eigenvalue weighted by Crippen LogP contribution is -2.39. The van der Waals surface area contributed by atoms with Crippen molar-refractivity contribution < 1.29 is 19.0 Å². The Hall–Kier alpha value is -2.32. The molecule has 0 radical (unpaired) electrons. The quantitative estimate of drug-likeness (QED) is 0.321. The van der Waals surface area contributed by atoms with Crippen LogP contribution in [0.15, 0.2) is 29.3 Å². The van der Waals surface area contributed by atoms with Crippen LogP contribution in [0, 0.1) is 0 Å². The van der Waals surface area contributed by atoms with Crippen molar-refractivity contribution in [3.05, 3.63) is 29.8 Å². The Labute approximate surface area is 168 Å². The molecule has 8 heteroatoms. The second-order valence-electron chi connectivity index (χ2n) is 7.10. The van der Waals surface area contributed by atoms with Crippen LogP contribution in [-0.4, -0.2) is 64.7 Å². The third-order valence-corrected chi connectivity index (χ3v) is 3.50. The molecule has 0 aliphatic heterocycles. The number of carbonyl (C=O) groups is 1. The van der Waals surface area contributed by atoms with E-state index in [9.17, 15) is 4.79 Å². The van der Waals surface area contributed by atoms with Crippen LogP contribution in [0.2, 0.25) is 0 Å². The molecule has 28 heavy (non-hydrogen) atoms. The maximum absolute atomic E-state index is 11.8. The second kappa shape index (κ2) is 13.0. The molecule has 0 unspecified atom stereocenters. The zero-order valence-corrected chi connectivity index (χ0v) is 17.6. The van der Waals surface area contributed by atoms with Crippen LogP contribution in [0.1, 0.15) is 26.3 Å². The van der Waals surface area contributed by atoms with Gasteiger partial charge in [0.2, 0.25) is 0 Å². The van der Waals surface area contributed by atoms with Gasteiger partial charge >= 0.3 is 6.09 Å². The molecular weight excluding hydrogens is 360 g/mol. The van der Waals surface area contributed by atoms with Gasteiger partial charge < -0.3 is 24.8 Å². The predicted molar refractivity (Wildman–Crippen MR) is 112 cm³/mol. The molecule has 0 heterocycles. The molecule has 0 bridgehead atoms. The Morgan fingerprint density at radius 3 is 2.32 bits per heavy atom. The molecule has 1 aromatic carbocycles. The normalized spacial score (nSPS) is 11.8. The number of methoxy groups -OCH3 is 1. The highest BCUT2D eigenvalue weighted by Gasteiger charge is 2.16. The number of benzene rings is 1. The first kappa shape index (κ1) is 23.7. The zero-order chi connectivity index (χ0) is 20.8. The Morgan fingerprint density at radius 2 is 1.71 bits per heavy atom. The van der Waals surface area contributed by atoms with Crippen molar-refractivity contribution in [3.63, 3.8) is 0 Å². The lowest BCUT2D eigenvalue weighted by Gasteiger charge is -2.19. The van der Waals surface area contributed by atoms with Gasteiger partial charge in [-0.15, -0.1) is 0 Å². The van der Waals surface area contributed by atoms with Crippen molar-refractivity contribution in [1.82, 2.24) is 10.6 Å². The van der Waals surface area contributed by atoms with E-state index < -0.39 is 11.7 Å². The molecule has 1 rings (SSSR count). The van der Waals surface area contributed by atoms with Crippen molar-refractivity contribution in [2.24, 2.45) is 4.99 Å². The van der Waals surface area contributed by atoms with Gasteiger partial charge in [-0.1, -0.05) is 12.1 Å². The maximum Gasteiger partial charge on any atom is 0.412 e. The number of aliphatic imine (C=N–C) groups is 1. The molecule has 8 nitrogen and oxygen atoms in total. The highest BCUT2D eigenvalue weighted by molar-refractivity contribution is 5.84. The van der Waals surface area contributed by atoms with Gasteiger partial charge in [0.1, 0.15) is 5.60 Å². The summed E-state index contributed by atoms with van der Waals surface area (Å²) in [4.78, 5) is 16.0. The number of hydrogen-bond acceptors (Lipinski definition) is 5. The standard InChI is InChI=1S/C20H34N4O4/c1-20(2,3)28-19(25)24-17-8-6-16(7-9-17)10-11-22-18(21-4)23-12-13-27-15-14-26-5/h6-9H,10-15H2,1-5H3,(H,24,25)(H2,21,22,23). The topological polar surface area (TPSA) is 93.2 Å². The number of hydrogen-bond donors (Lipinski definition) is 3. The number of nitrogens with one attached hydrogen (secondary N) is 3. The molecule has 0 fully saturated rings. The molecule has 0 atom stereocenters. The van der Waals surface area contributed by atoms with E-state index in [1.165, 1.54) is 0 Å². The van der Waals surface area contributed by atoms with Crippen LogP contribution in [0.25, 0.3) is 0 Å². The average molecular weight is 395 g/mol. The summed E-state index contributed by atoms with van der Waals surface area (Å²) in [6.07, 6.45) is 0.376. The monoisotopic (exact) mass is 394 g/mol. The van der Waals surface area contributed by atoms with Crippen molar-refractivity contribution in [1.29, 1.82) is 0 Å². The van der Waals surface area contributed by atoms with E-state index in [1.807, 2.05) is 45.0 Å². The first-order chi connectivity index (χ1) is 13.3. The van der Waals surface area contributed by atoms with E-state index in [-0.39, 0.29) is 0 Å². The van der Waals surface area contributed by atoms with Crippen LogP contribution in [-0.2, 0) is 20.6 Å². The summed E-state index contributed by atoms with van der Waals surface area (Å²) in [5, 5.41) is 9.18. The second-order valence-corrected chi connectivity index (χ2v) is 7.10. The Balaban J connectivity index is 2.28. The molecule has 0 saturated carbocycles. The van der Waals surface area contributed by atoms with E-state index in [4.69, 9.17) is 14.2 Å².